The summed E-state index contributed by atoms with van der Waals surface area (Å²) in [6, 6.07) is 6.13. The largest absolute Gasteiger partial charge is 0.324 e. The van der Waals surface area contributed by atoms with Crippen LogP contribution in [0.5, 0.6) is 0 Å². The van der Waals surface area contributed by atoms with E-state index in [1.807, 2.05) is 13.8 Å². The number of amides is 1. The van der Waals surface area contributed by atoms with E-state index in [-0.39, 0.29) is 11.5 Å². The molecule has 0 spiro atoms. The van der Waals surface area contributed by atoms with Gasteiger partial charge in [-0.3, -0.25) is 14.2 Å². The number of halogens is 1. The molecule has 1 unspecified atom stereocenters. The predicted molar refractivity (Wildman–Crippen MR) is 98.1 cm³/mol. The first-order valence-electron chi connectivity index (χ1n) is 7.41. The van der Waals surface area contributed by atoms with E-state index >= 15 is 0 Å². The van der Waals surface area contributed by atoms with Crippen LogP contribution in [0.25, 0.3) is 10.2 Å². The standard InChI is InChI=1S/C17H16ClN3O2S/c1-9-11(3)24-16-14(9)17(23)21(8-19-16)10(2)15(22)20-13-6-4-12(18)5-7-13/h4-8,10H,1-3H3,(H,20,22). The average molecular weight is 362 g/mol. The van der Waals surface area contributed by atoms with Crippen molar-refractivity contribution in [2.75, 3.05) is 5.32 Å². The van der Waals surface area contributed by atoms with Gasteiger partial charge in [0.15, 0.2) is 0 Å². The molecule has 0 aliphatic carbocycles. The summed E-state index contributed by atoms with van der Waals surface area (Å²) in [5.41, 5.74) is 1.36. The highest BCUT2D eigenvalue weighted by Crippen LogP contribution is 2.26. The molecule has 24 heavy (non-hydrogen) atoms. The van der Waals surface area contributed by atoms with Gasteiger partial charge < -0.3 is 5.32 Å². The van der Waals surface area contributed by atoms with E-state index in [1.165, 1.54) is 22.2 Å². The summed E-state index contributed by atoms with van der Waals surface area (Å²) in [4.78, 5) is 31.3. The number of carbonyl (C=O) groups excluding carboxylic acids is 1. The third kappa shape index (κ3) is 2.95. The second-order valence-electron chi connectivity index (χ2n) is 5.59. The summed E-state index contributed by atoms with van der Waals surface area (Å²) in [6.07, 6.45) is 1.44. The van der Waals surface area contributed by atoms with Crippen LogP contribution >= 0.6 is 22.9 Å². The van der Waals surface area contributed by atoms with Crippen LogP contribution in [-0.4, -0.2) is 15.5 Å². The molecule has 124 valence electrons. The molecule has 2 aromatic heterocycles. The number of nitrogens with one attached hydrogen (secondary N) is 1. The van der Waals surface area contributed by atoms with Crippen molar-refractivity contribution in [2.24, 2.45) is 0 Å². The summed E-state index contributed by atoms with van der Waals surface area (Å²) in [5, 5.41) is 3.96. The molecule has 3 aromatic rings. The summed E-state index contributed by atoms with van der Waals surface area (Å²) in [7, 11) is 0. The number of anilines is 1. The Hall–Kier alpha value is -2.18. The number of hydrogen-bond donors (Lipinski definition) is 1. The maximum absolute atomic E-state index is 12.7. The van der Waals surface area contributed by atoms with Crippen LogP contribution in [0.4, 0.5) is 5.69 Å². The fraction of sp³-hybridized carbons (Fsp3) is 0.235. The second kappa shape index (κ2) is 6.37. The first kappa shape index (κ1) is 16.7. The van der Waals surface area contributed by atoms with Crippen LogP contribution in [0, 0.1) is 13.8 Å². The fourth-order valence-electron chi connectivity index (χ4n) is 2.43. The normalized spacial score (nSPS) is 12.3. The zero-order valence-electron chi connectivity index (χ0n) is 13.5. The molecule has 0 aliphatic rings. The summed E-state index contributed by atoms with van der Waals surface area (Å²) in [5.74, 6) is -0.287. The van der Waals surface area contributed by atoms with E-state index in [2.05, 4.69) is 10.3 Å². The van der Waals surface area contributed by atoms with Gasteiger partial charge in [0.1, 0.15) is 10.9 Å². The van der Waals surface area contributed by atoms with Gasteiger partial charge in [0.25, 0.3) is 5.56 Å². The zero-order chi connectivity index (χ0) is 17.4. The minimum absolute atomic E-state index is 0.194. The van der Waals surface area contributed by atoms with E-state index < -0.39 is 6.04 Å². The van der Waals surface area contributed by atoms with Gasteiger partial charge in [0.05, 0.1) is 11.7 Å². The van der Waals surface area contributed by atoms with Crippen molar-refractivity contribution in [2.45, 2.75) is 26.8 Å². The number of nitrogens with zero attached hydrogens (tertiary/aromatic N) is 2. The Kier molecular flexibility index (Phi) is 4.43. The average Bonchev–Trinajstić information content (AvgIpc) is 2.85. The minimum atomic E-state index is -0.676. The number of fused-ring (bicyclic) bond motifs is 1. The van der Waals surface area contributed by atoms with Crippen LogP contribution in [-0.2, 0) is 4.79 Å². The molecule has 0 bridgehead atoms. The molecule has 1 N–H and O–H groups in total. The van der Waals surface area contributed by atoms with Gasteiger partial charge in [0.2, 0.25) is 5.91 Å². The SMILES string of the molecule is Cc1sc2ncn(C(C)C(=O)Nc3ccc(Cl)cc3)c(=O)c2c1C. The van der Waals surface area contributed by atoms with Gasteiger partial charge >= 0.3 is 0 Å². The third-order valence-electron chi connectivity index (χ3n) is 4.02. The Morgan fingerprint density at radius 3 is 2.62 bits per heavy atom. The molecule has 1 amide bonds. The van der Waals surface area contributed by atoms with Crippen molar-refractivity contribution < 1.29 is 4.79 Å². The van der Waals surface area contributed by atoms with Gasteiger partial charge in [-0.2, -0.15) is 0 Å². The number of hydrogen-bond acceptors (Lipinski definition) is 4. The maximum Gasteiger partial charge on any atom is 0.263 e. The lowest BCUT2D eigenvalue weighted by Crippen LogP contribution is -2.31. The van der Waals surface area contributed by atoms with Crippen molar-refractivity contribution in [3.05, 3.63) is 56.4 Å². The number of aromatic nitrogens is 2. The van der Waals surface area contributed by atoms with E-state index in [4.69, 9.17) is 11.6 Å². The first-order valence-corrected chi connectivity index (χ1v) is 8.61. The quantitative estimate of drug-likeness (QED) is 0.768. The van der Waals surface area contributed by atoms with Crippen molar-refractivity contribution in [3.63, 3.8) is 0 Å². The van der Waals surface area contributed by atoms with E-state index in [0.29, 0.717) is 20.9 Å². The van der Waals surface area contributed by atoms with Gasteiger partial charge in [-0.25, -0.2) is 4.98 Å². The lowest BCUT2D eigenvalue weighted by molar-refractivity contribution is -0.118. The number of carbonyl (C=O) groups is 1. The lowest BCUT2D eigenvalue weighted by Gasteiger charge is -2.15. The lowest BCUT2D eigenvalue weighted by atomic mass is 10.2. The van der Waals surface area contributed by atoms with Crippen molar-refractivity contribution in [1.29, 1.82) is 0 Å². The smallest absolute Gasteiger partial charge is 0.263 e. The molecule has 0 fully saturated rings. The number of aryl methyl sites for hydroxylation is 2. The van der Waals surface area contributed by atoms with Gasteiger partial charge in [-0.15, -0.1) is 11.3 Å². The molecule has 7 heteroatoms. The molecule has 0 aliphatic heterocycles. The second-order valence-corrected chi connectivity index (χ2v) is 7.23. The maximum atomic E-state index is 12.7. The van der Waals surface area contributed by atoms with Gasteiger partial charge in [-0.05, 0) is 50.6 Å². The Bertz CT molecular complexity index is 976. The highest BCUT2D eigenvalue weighted by molar-refractivity contribution is 7.18. The molecule has 0 saturated carbocycles. The van der Waals surface area contributed by atoms with E-state index in [9.17, 15) is 9.59 Å². The van der Waals surface area contributed by atoms with Gasteiger partial charge in [-0.1, -0.05) is 11.6 Å². The van der Waals surface area contributed by atoms with Crippen molar-refractivity contribution in [1.82, 2.24) is 9.55 Å². The first-order chi connectivity index (χ1) is 11.4. The third-order valence-corrected chi connectivity index (χ3v) is 5.39. The molecule has 1 aromatic carbocycles. The predicted octanol–water partition coefficient (Wildman–Crippen LogP) is 3.93. The van der Waals surface area contributed by atoms with Crippen LogP contribution < -0.4 is 10.9 Å². The highest BCUT2D eigenvalue weighted by atomic mass is 35.5. The van der Waals surface area contributed by atoms with Crippen LogP contribution in [0.1, 0.15) is 23.4 Å². The number of thiophene rings is 1. The Balaban J connectivity index is 1.93. The monoisotopic (exact) mass is 361 g/mol. The fourth-order valence-corrected chi connectivity index (χ4v) is 3.54. The minimum Gasteiger partial charge on any atom is -0.324 e. The summed E-state index contributed by atoms with van der Waals surface area (Å²) in [6.45, 7) is 5.54. The summed E-state index contributed by atoms with van der Waals surface area (Å²) >= 11 is 7.32. The topological polar surface area (TPSA) is 64.0 Å². The van der Waals surface area contributed by atoms with Crippen LogP contribution in [0.2, 0.25) is 5.02 Å². The molecule has 3 rings (SSSR count). The molecule has 2 heterocycles. The van der Waals surface area contributed by atoms with Gasteiger partial charge in [0, 0.05) is 15.6 Å². The zero-order valence-corrected chi connectivity index (χ0v) is 15.0. The Morgan fingerprint density at radius 2 is 1.96 bits per heavy atom. The Morgan fingerprint density at radius 1 is 1.29 bits per heavy atom. The van der Waals surface area contributed by atoms with E-state index in [1.54, 1.807) is 31.2 Å². The van der Waals surface area contributed by atoms with Crippen molar-refractivity contribution in [3.8, 4) is 0 Å². The molecular formula is C17H16ClN3O2S. The number of rotatable bonds is 3. The highest BCUT2D eigenvalue weighted by Gasteiger charge is 2.20. The molecule has 5 nitrogen and oxygen atoms in total. The van der Waals surface area contributed by atoms with E-state index in [0.717, 1.165) is 10.4 Å². The molecule has 0 radical (unpaired) electrons. The molecule has 0 saturated heterocycles. The molecule has 1 atom stereocenters. The van der Waals surface area contributed by atoms with Crippen molar-refractivity contribution >= 4 is 44.7 Å². The summed E-state index contributed by atoms with van der Waals surface area (Å²) < 4.78 is 1.37. The number of benzene rings is 1. The molecular weight excluding hydrogens is 346 g/mol. The van der Waals surface area contributed by atoms with Crippen LogP contribution in [0.3, 0.4) is 0 Å². The Labute approximate surface area is 147 Å². The van der Waals surface area contributed by atoms with Crippen LogP contribution in [0.15, 0.2) is 35.4 Å².